The zero-order valence-electron chi connectivity index (χ0n) is 16.8. The molecule has 28 heavy (non-hydrogen) atoms. The lowest BCUT2D eigenvalue weighted by molar-refractivity contribution is 0.0939. The Labute approximate surface area is 166 Å². The van der Waals surface area contributed by atoms with Crippen molar-refractivity contribution in [3.05, 3.63) is 71.0 Å². The van der Waals surface area contributed by atoms with Crippen molar-refractivity contribution in [1.29, 1.82) is 0 Å². The van der Waals surface area contributed by atoms with Crippen molar-refractivity contribution in [3.8, 4) is 0 Å². The van der Waals surface area contributed by atoms with E-state index in [-0.39, 0.29) is 17.8 Å². The minimum atomic E-state index is -0.266. The molecule has 0 aliphatic carbocycles. The van der Waals surface area contributed by atoms with E-state index in [1.807, 2.05) is 51.1 Å². The topological polar surface area (TPSA) is 65.5 Å². The Morgan fingerprint density at radius 3 is 2.54 bits per heavy atom. The normalized spacial score (nSPS) is 12.4. The maximum atomic E-state index is 13.3. The summed E-state index contributed by atoms with van der Waals surface area (Å²) in [5.41, 5.74) is 2.43. The average Bonchev–Trinajstić information content (AvgIpc) is 2.70. The van der Waals surface area contributed by atoms with Gasteiger partial charge in [0.25, 0.3) is 5.91 Å². The number of nitrogens with one attached hydrogen (secondary N) is 3. The lowest BCUT2D eigenvalue weighted by atomic mass is 10.1. The first kappa shape index (κ1) is 21.4. The van der Waals surface area contributed by atoms with E-state index in [0.717, 1.165) is 17.5 Å². The van der Waals surface area contributed by atoms with Crippen LogP contribution in [0.4, 0.5) is 4.39 Å². The van der Waals surface area contributed by atoms with Gasteiger partial charge in [-0.1, -0.05) is 31.2 Å². The van der Waals surface area contributed by atoms with Gasteiger partial charge in [0.05, 0.1) is 6.54 Å². The van der Waals surface area contributed by atoms with Crippen LogP contribution in [0.25, 0.3) is 0 Å². The first-order valence-electron chi connectivity index (χ1n) is 9.68. The second kappa shape index (κ2) is 11.1. The average molecular weight is 384 g/mol. The second-order valence-corrected chi connectivity index (χ2v) is 6.66. The van der Waals surface area contributed by atoms with E-state index in [9.17, 15) is 9.18 Å². The number of carbonyl (C=O) groups is 1. The summed E-state index contributed by atoms with van der Waals surface area (Å²) in [4.78, 5) is 16.8. The molecule has 1 unspecified atom stereocenters. The molecule has 1 atom stereocenters. The molecular formula is C22H29FN4O. The van der Waals surface area contributed by atoms with Crippen LogP contribution in [0.2, 0.25) is 0 Å². The molecule has 0 saturated carbocycles. The van der Waals surface area contributed by atoms with Crippen molar-refractivity contribution >= 4 is 11.9 Å². The molecule has 2 aromatic rings. The summed E-state index contributed by atoms with van der Waals surface area (Å²) in [6.45, 7) is 7.63. The quantitative estimate of drug-likeness (QED) is 0.481. The maximum Gasteiger partial charge on any atom is 0.251 e. The van der Waals surface area contributed by atoms with E-state index in [1.165, 1.54) is 12.1 Å². The fourth-order valence-electron chi connectivity index (χ4n) is 2.56. The zero-order valence-corrected chi connectivity index (χ0v) is 16.8. The number of halogens is 1. The summed E-state index contributed by atoms with van der Waals surface area (Å²) >= 11 is 0. The van der Waals surface area contributed by atoms with Crippen molar-refractivity contribution in [1.82, 2.24) is 16.0 Å². The van der Waals surface area contributed by atoms with Gasteiger partial charge < -0.3 is 16.0 Å². The Morgan fingerprint density at radius 2 is 1.82 bits per heavy atom. The van der Waals surface area contributed by atoms with Crippen LogP contribution in [0, 0.1) is 5.82 Å². The maximum absolute atomic E-state index is 13.3. The summed E-state index contributed by atoms with van der Waals surface area (Å²) in [6, 6.07) is 14.1. The molecule has 0 aliphatic rings. The molecule has 5 nitrogen and oxygen atoms in total. The molecule has 0 bridgehead atoms. The molecule has 0 saturated heterocycles. The van der Waals surface area contributed by atoms with E-state index in [1.54, 1.807) is 6.07 Å². The summed E-state index contributed by atoms with van der Waals surface area (Å²) < 4.78 is 13.3. The number of benzene rings is 2. The van der Waals surface area contributed by atoms with Crippen LogP contribution in [0.5, 0.6) is 0 Å². The predicted octanol–water partition coefficient (Wildman–Crippen LogP) is 3.61. The van der Waals surface area contributed by atoms with Crippen LogP contribution in [0.15, 0.2) is 53.5 Å². The van der Waals surface area contributed by atoms with E-state index >= 15 is 0 Å². The highest BCUT2D eigenvalue weighted by Crippen LogP contribution is 2.07. The van der Waals surface area contributed by atoms with Crippen LogP contribution < -0.4 is 16.0 Å². The molecule has 0 fully saturated rings. The van der Waals surface area contributed by atoms with Gasteiger partial charge in [0.1, 0.15) is 5.82 Å². The van der Waals surface area contributed by atoms with Gasteiger partial charge in [-0.15, -0.1) is 0 Å². The summed E-state index contributed by atoms with van der Waals surface area (Å²) in [6.07, 6.45) is 0.890. The Hall–Kier alpha value is -2.89. The number of carbonyl (C=O) groups excluding carboxylic acids is 1. The van der Waals surface area contributed by atoms with Crippen molar-refractivity contribution in [3.63, 3.8) is 0 Å². The van der Waals surface area contributed by atoms with Crippen molar-refractivity contribution in [2.24, 2.45) is 4.99 Å². The van der Waals surface area contributed by atoms with Gasteiger partial charge in [0, 0.05) is 24.7 Å². The number of aliphatic imine (C=N–C) groups is 1. The smallest absolute Gasteiger partial charge is 0.251 e. The van der Waals surface area contributed by atoms with Crippen LogP contribution in [0.1, 0.15) is 48.7 Å². The first-order chi connectivity index (χ1) is 13.5. The van der Waals surface area contributed by atoms with Gasteiger partial charge in [0.2, 0.25) is 0 Å². The van der Waals surface area contributed by atoms with Crippen molar-refractivity contribution in [2.75, 3.05) is 6.54 Å². The number of guanidine groups is 1. The van der Waals surface area contributed by atoms with Gasteiger partial charge in [-0.2, -0.15) is 0 Å². The van der Waals surface area contributed by atoms with E-state index in [2.05, 4.69) is 20.9 Å². The standard InChI is InChI=1S/C22H29FN4O/c1-4-16(3)27-21(28)19-10-6-8-17(12-19)14-25-22(24-5-2)26-15-18-9-7-11-20(23)13-18/h6-13,16H,4-5,14-15H2,1-3H3,(H,27,28)(H2,24,25,26). The third kappa shape index (κ3) is 7.02. The highest BCUT2D eigenvalue weighted by molar-refractivity contribution is 5.94. The molecule has 2 rings (SSSR count). The van der Waals surface area contributed by atoms with Crippen LogP contribution in [-0.2, 0) is 13.1 Å². The molecular weight excluding hydrogens is 355 g/mol. The van der Waals surface area contributed by atoms with E-state index < -0.39 is 0 Å². The number of nitrogens with zero attached hydrogens (tertiary/aromatic N) is 1. The molecule has 0 spiro atoms. The van der Waals surface area contributed by atoms with E-state index in [4.69, 9.17) is 0 Å². The van der Waals surface area contributed by atoms with E-state index in [0.29, 0.717) is 31.2 Å². The minimum absolute atomic E-state index is 0.0668. The molecule has 3 N–H and O–H groups in total. The zero-order chi connectivity index (χ0) is 20.4. The number of hydrogen-bond donors (Lipinski definition) is 3. The summed E-state index contributed by atoms with van der Waals surface area (Å²) in [5, 5.41) is 9.40. The third-order valence-electron chi connectivity index (χ3n) is 4.29. The van der Waals surface area contributed by atoms with Gasteiger partial charge in [0.15, 0.2) is 5.96 Å². The first-order valence-corrected chi connectivity index (χ1v) is 9.68. The molecule has 0 aliphatic heterocycles. The summed E-state index contributed by atoms with van der Waals surface area (Å²) in [5.74, 6) is 0.308. The SMILES string of the molecule is CCNC(=NCc1cccc(F)c1)NCc1cccc(C(=O)NC(C)CC)c1. The second-order valence-electron chi connectivity index (χ2n) is 6.66. The molecule has 0 aromatic heterocycles. The van der Waals surface area contributed by atoms with Gasteiger partial charge >= 0.3 is 0 Å². The van der Waals surface area contributed by atoms with Crippen molar-refractivity contribution < 1.29 is 9.18 Å². The largest absolute Gasteiger partial charge is 0.357 e. The molecule has 6 heteroatoms. The lowest BCUT2D eigenvalue weighted by Crippen LogP contribution is -2.37. The number of hydrogen-bond acceptors (Lipinski definition) is 2. The Morgan fingerprint density at radius 1 is 1.07 bits per heavy atom. The number of rotatable bonds is 8. The van der Waals surface area contributed by atoms with Gasteiger partial charge in [-0.25, -0.2) is 9.38 Å². The summed E-state index contributed by atoms with van der Waals surface area (Å²) in [7, 11) is 0. The number of amides is 1. The Kier molecular flexibility index (Phi) is 8.46. The highest BCUT2D eigenvalue weighted by atomic mass is 19.1. The minimum Gasteiger partial charge on any atom is -0.357 e. The molecule has 0 heterocycles. The predicted molar refractivity (Wildman–Crippen MR) is 112 cm³/mol. The van der Waals surface area contributed by atoms with Crippen LogP contribution in [0.3, 0.4) is 0 Å². The molecule has 2 aromatic carbocycles. The van der Waals surface area contributed by atoms with Crippen LogP contribution >= 0.6 is 0 Å². The lowest BCUT2D eigenvalue weighted by Gasteiger charge is -2.13. The third-order valence-corrected chi connectivity index (χ3v) is 4.29. The Bertz CT molecular complexity index is 807. The van der Waals surface area contributed by atoms with Gasteiger partial charge in [-0.3, -0.25) is 4.79 Å². The monoisotopic (exact) mass is 384 g/mol. The molecule has 1 amide bonds. The molecule has 0 radical (unpaired) electrons. The molecule has 150 valence electrons. The van der Waals surface area contributed by atoms with Crippen LogP contribution in [-0.4, -0.2) is 24.5 Å². The van der Waals surface area contributed by atoms with Gasteiger partial charge in [-0.05, 0) is 55.7 Å². The fourth-order valence-corrected chi connectivity index (χ4v) is 2.56. The fraction of sp³-hybridized carbons (Fsp3) is 0.364. The van der Waals surface area contributed by atoms with Crippen molar-refractivity contribution in [2.45, 2.75) is 46.3 Å². The highest BCUT2D eigenvalue weighted by Gasteiger charge is 2.09. The Balaban J connectivity index is 2.00.